The monoisotopic (exact) mass is 235 g/mol. The Kier molecular flexibility index (Phi) is 3.59. The lowest BCUT2D eigenvalue weighted by Crippen LogP contribution is -2.47. The molecule has 1 fully saturated rings. The van der Waals surface area contributed by atoms with Gasteiger partial charge in [-0.15, -0.1) is 0 Å². The van der Waals surface area contributed by atoms with Crippen LogP contribution in [0.1, 0.15) is 26.7 Å². The summed E-state index contributed by atoms with van der Waals surface area (Å²) in [6.45, 7) is 3.98. The van der Waals surface area contributed by atoms with E-state index < -0.39 is 21.5 Å². The molecule has 0 radical (unpaired) electrons. The van der Waals surface area contributed by atoms with Gasteiger partial charge in [0.1, 0.15) is 0 Å². The Balaban J connectivity index is 2.48. The highest BCUT2D eigenvalue weighted by Gasteiger charge is 2.39. The minimum atomic E-state index is -2.99. The summed E-state index contributed by atoms with van der Waals surface area (Å²) in [5.41, 5.74) is -0.663. The van der Waals surface area contributed by atoms with E-state index in [4.69, 9.17) is 4.74 Å². The number of nitrogens with one attached hydrogen (secondary N) is 1. The van der Waals surface area contributed by atoms with Crippen molar-refractivity contribution in [2.24, 2.45) is 0 Å². The summed E-state index contributed by atoms with van der Waals surface area (Å²) < 4.78 is 27.3. The molecule has 88 valence electrons. The molecule has 0 aromatic heterocycles. The van der Waals surface area contributed by atoms with Gasteiger partial charge in [0.25, 0.3) is 0 Å². The van der Waals surface area contributed by atoms with Crippen molar-refractivity contribution in [2.75, 3.05) is 18.1 Å². The molecule has 0 aromatic carbocycles. The highest BCUT2D eigenvalue weighted by Crippen LogP contribution is 2.22. The van der Waals surface area contributed by atoms with Gasteiger partial charge in [-0.05, 0) is 19.8 Å². The lowest BCUT2D eigenvalue weighted by molar-refractivity contribution is 0.136. The van der Waals surface area contributed by atoms with Crippen molar-refractivity contribution in [3.8, 4) is 0 Å². The second-order valence-corrected chi connectivity index (χ2v) is 6.35. The molecule has 0 aliphatic carbocycles. The van der Waals surface area contributed by atoms with Gasteiger partial charge in [0, 0.05) is 0 Å². The van der Waals surface area contributed by atoms with Crippen LogP contribution in [0.25, 0.3) is 0 Å². The molecule has 1 amide bonds. The average molecular weight is 235 g/mol. The molecular weight excluding hydrogens is 218 g/mol. The van der Waals surface area contributed by atoms with Crippen LogP contribution in [-0.4, -0.2) is 38.2 Å². The van der Waals surface area contributed by atoms with E-state index in [0.29, 0.717) is 13.0 Å². The first-order chi connectivity index (χ1) is 6.87. The molecule has 15 heavy (non-hydrogen) atoms. The van der Waals surface area contributed by atoms with Crippen LogP contribution in [0.5, 0.6) is 0 Å². The first-order valence-corrected chi connectivity index (χ1v) is 6.84. The van der Waals surface area contributed by atoms with Crippen molar-refractivity contribution in [2.45, 2.75) is 32.2 Å². The molecule has 1 aliphatic heterocycles. The topological polar surface area (TPSA) is 72.5 Å². The summed E-state index contributed by atoms with van der Waals surface area (Å²) >= 11 is 0. The molecule has 0 saturated carbocycles. The van der Waals surface area contributed by atoms with E-state index >= 15 is 0 Å². The Morgan fingerprint density at radius 1 is 1.53 bits per heavy atom. The number of alkyl carbamates (subject to hydrolysis) is 1. The van der Waals surface area contributed by atoms with E-state index in [1.807, 2.05) is 6.92 Å². The molecule has 0 spiro atoms. The smallest absolute Gasteiger partial charge is 0.407 e. The van der Waals surface area contributed by atoms with E-state index in [1.165, 1.54) is 0 Å². The maximum Gasteiger partial charge on any atom is 0.407 e. The standard InChI is InChI=1S/C9H17NO4S/c1-3-5-14-8(11)10-9(2)4-6-15(12,13)7-9/h3-7H2,1-2H3,(H,10,11)/t9-/m1/s1. The molecule has 6 heteroatoms. The largest absolute Gasteiger partial charge is 0.450 e. The van der Waals surface area contributed by atoms with Gasteiger partial charge in [-0.2, -0.15) is 0 Å². The highest BCUT2D eigenvalue weighted by atomic mass is 32.2. The SMILES string of the molecule is CCCOC(=O)N[C@]1(C)CCS(=O)(=O)C1. The van der Waals surface area contributed by atoms with Gasteiger partial charge in [0.05, 0.1) is 23.7 Å². The average Bonchev–Trinajstić information content (AvgIpc) is 2.37. The summed E-state index contributed by atoms with van der Waals surface area (Å²) in [6.07, 6.45) is 0.676. The molecule has 1 aliphatic rings. The molecule has 0 aromatic rings. The fourth-order valence-corrected chi connectivity index (χ4v) is 3.68. The van der Waals surface area contributed by atoms with Gasteiger partial charge in [0.15, 0.2) is 9.84 Å². The van der Waals surface area contributed by atoms with Crippen molar-refractivity contribution in [1.29, 1.82) is 0 Å². The Morgan fingerprint density at radius 3 is 2.67 bits per heavy atom. The number of ether oxygens (including phenoxy) is 1. The number of hydrogen-bond donors (Lipinski definition) is 1. The summed E-state index contributed by atoms with van der Waals surface area (Å²) in [5, 5.41) is 2.61. The molecule has 1 saturated heterocycles. The summed E-state index contributed by atoms with van der Waals surface area (Å²) in [7, 11) is -2.99. The zero-order valence-electron chi connectivity index (χ0n) is 9.08. The Morgan fingerprint density at radius 2 is 2.20 bits per heavy atom. The molecule has 1 rings (SSSR count). The van der Waals surface area contributed by atoms with Crippen molar-refractivity contribution in [3.05, 3.63) is 0 Å². The van der Waals surface area contributed by atoms with Crippen LogP contribution in [-0.2, 0) is 14.6 Å². The van der Waals surface area contributed by atoms with E-state index in [0.717, 1.165) is 6.42 Å². The zero-order valence-corrected chi connectivity index (χ0v) is 9.89. The van der Waals surface area contributed by atoms with Crippen LogP contribution >= 0.6 is 0 Å². The first-order valence-electron chi connectivity index (χ1n) is 5.02. The molecule has 1 atom stereocenters. The second kappa shape index (κ2) is 4.38. The lowest BCUT2D eigenvalue weighted by atomic mass is 10.0. The van der Waals surface area contributed by atoms with Gasteiger partial charge in [0.2, 0.25) is 0 Å². The van der Waals surface area contributed by atoms with E-state index in [2.05, 4.69) is 5.32 Å². The first kappa shape index (κ1) is 12.3. The number of amides is 1. The van der Waals surface area contributed by atoms with Gasteiger partial charge in [-0.25, -0.2) is 13.2 Å². The van der Waals surface area contributed by atoms with Gasteiger partial charge in [-0.1, -0.05) is 6.92 Å². The summed E-state index contributed by atoms with van der Waals surface area (Å²) in [6, 6.07) is 0. The zero-order chi connectivity index (χ0) is 11.5. The van der Waals surface area contributed by atoms with E-state index in [1.54, 1.807) is 6.92 Å². The number of rotatable bonds is 3. The number of carbonyl (C=O) groups is 1. The third kappa shape index (κ3) is 3.70. The Bertz CT molecular complexity index is 338. The van der Waals surface area contributed by atoms with Crippen LogP contribution in [0.4, 0.5) is 4.79 Å². The van der Waals surface area contributed by atoms with Crippen molar-refractivity contribution < 1.29 is 17.9 Å². The normalized spacial score (nSPS) is 28.7. The Hall–Kier alpha value is -0.780. The maximum atomic E-state index is 11.2. The minimum absolute atomic E-state index is 0.00122. The van der Waals surface area contributed by atoms with Gasteiger partial charge >= 0.3 is 6.09 Å². The van der Waals surface area contributed by atoms with E-state index in [9.17, 15) is 13.2 Å². The highest BCUT2D eigenvalue weighted by molar-refractivity contribution is 7.91. The third-order valence-electron chi connectivity index (χ3n) is 2.34. The Labute approximate surface area is 90.1 Å². The molecule has 1 N–H and O–H groups in total. The molecule has 0 unspecified atom stereocenters. The fraction of sp³-hybridized carbons (Fsp3) is 0.889. The molecular formula is C9H17NO4S. The van der Waals surface area contributed by atoms with Crippen LogP contribution in [0, 0.1) is 0 Å². The number of carbonyl (C=O) groups excluding carboxylic acids is 1. The van der Waals surface area contributed by atoms with Crippen LogP contribution in [0.3, 0.4) is 0 Å². The summed E-state index contributed by atoms with van der Waals surface area (Å²) in [5.74, 6) is 0.138. The number of sulfone groups is 1. The van der Waals surface area contributed by atoms with Crippen LogP contribution in [0.2, 0.25) is 0 Å². The molecule has 0 bridgehead atoms. The fourth-order valence-electron chi connectivity index (χ4n) is 1.59. The number of hydrogen-bond acceptors (Lipinski definition) is 4. The minimum Gasteiger partial charge on any atom is -0.450 e. The molecule has 1 heterocycles. The summed E-state index contributed by atoms with van der Waals surface area (Å²) in [4.78, 5) is 11.2. The van der Waals surface area contributed by atoms with Gasteiger partial charge in [-0.3, -0.25) is 0 Å². The van der Waals surface area contributed by atoms with Gasteiger partial charge < -0.3 is 10.1 Å². The van der Waals surface area contributed by atoms with Crippen LogP contribution in [0.15, 0.2) is 0 Å². The second-order valence-electron chi connectivity index (χ2n) is 4.16. The van der Waals surface area contributed by atoms with Crippen molar-refractivity contribution >= 4 is 15.9 Å². The van der Waals surface area contributed by atoms with Crippen molar-refractivity contribution in [1.82, 2.24) is 5.32 Å². The predicted octanol–water partition coefficient (Wildman–Crippen LogP) is 0.700. The molecule has 5 nitrogen and oxygen atoms in total. The van der Waals surface area contributed by atoms with Crippen molar-refractivity contribution in [3.63, 3.8) is 0 Å². The van der Waals surface area contributed by atoms with E-state index in [-0.39, 0.29) is 11.5 Å². The lowest BCUT2D eigenvalue weighted by Gasteiger charge is -2.23. The predicted molar refractivity (Wildman–Crippen MR) is 56.5 cm³/mol. The van der Waals surface area contributed by atoms with Crippen LogP contribution < -0.4 is 5.32 Å². The third-order valence-corrected chi connectivity index (χ3v) is 4.25. The quantitative estimate of drug-likeness (QED) is 0.781. The maximum absolute atomic E-state index is 11.2.